The van der Waals surface area contributed by atoms with Crippen LogP contribution in [0.3, 0.4) is 0 Å². The van der Waals surface area contributed by atoms with Crippen LogP contribution in [0.5, 0.6) is 0 Å². The third-order valence-corrected chi connectivity index (χ3v) is 6.15. The van der Waals surface area contributed by atoms with Crippen molar-refractivity contribution in [2.24, 2.45) is 0 Å². The van der Waals surface area contributed by atoms with Gasteiger partial charge in [0.15, 0.2) is 5.69 Å². The number of allylic oxidation sites excluding steroid dienone is 1. The van der Waals surface area contributed by atoms with Gasteiger partial charge in [0.2, 0.25) is 0 Å². The van der Waals surface area contributed by atoms with Crippen molar-refractivity contribution in [1.82, 2.24) is 15.1 Å². The number of alkyl halides is 3. The van der Waals surface area contributed by atoms with Gasteiger partial charge in [0.1, 0.15) is 11.9 Å². The van der Waals surface area contributed by atoms with Crippen LogP contribution in [-0.2, 0) is 11.0 Å². The lowest BCUT2D eigenvalue weighted by Crippen LogP contribution is -2.36. The number of fused-ring (bicyclic) bond motifs is 1. The lowest BCUT2D eigenvalue weighted by atomic mass is 9.94. The molecule has 33 heavy (non-hydrogen) atoms. The molecule has 1 amide bonds. The molecule has 2 unspecified atom stereocenters. The molecule has 1 aliphatic rings. The highest BCUT2D eigenvalue weighted by Gasteiger charge is 2.39. The predicted molar refractivity (Wildman–Crippen MR) is 121 cm³/mol. The van der Waals surface area contributed by atoms with Gasteiger partial charge < -0.3 is 10.6 Å². The smallest absolute Gasteiger partial charge is 0.346 e. The summed E-state index contributed by atoms with van der Waals surface area (Å²) in [4.78, 5) is 13.4. The van der Waals surface area contributed by atoms with Crippen LogP contribution in [0, 0.1) is 0 Å². The van der Waals surface area contributed by atoms with Crippen molar-refractivity contribution in [2.75, 3.05) is 5.32 Å². The Morgan fingerprint density at radius 1 is 1.12 bits per heavy atom. The Morgan fingerprint density at radius 2 is 1.82 bits per heavy atom. The summed E-state index contributed by atoms with van der Waals surface area (Å²) in [5.74, 6) is -0.328. The fourth-order valence-corrected chi connectivity index (χ4v) is 4.10. The number of rotatable bonds is 4. The lowest BCUT2D eigenvalue weighted by molar-refractivity contribution is -0.141. The normalized spacial score (nSPS) is 16.8. The van der Waals surface area contributed by atoms with E-state index in [0.29, 0.717) is 11.3 Å². The van der Waals surface area contributed by atoms with E-state index in [1.165, 1.54) is 12.1 Å². The number of anilines is 1. The van der Waals surface area contributed by atoms with Crippen molar-refractivity contribution in [3.8, 4) is 0 Å². The van der Waals surface area contributed by atoms with Gasteiger partial charge in [0, 0.05) is 11.8 Å². The predicted octanol–water partition coefficient (Wildman–Crippen LogP) is 6.38. The van der Waals surface area contributed by atoms with Crippen molar-refractivity contribution in [3.05, 3.63) is 92.7 Å². The third kappa shape index (κ3) is 4.58. The van der Waals surface area contributed by atoms with Crippen molar-refractivity contribution >= 4 is 34.9 Å². The molecule has 2 aromatic carbocycles. The molecule has 0 spiro atoms. The van der Waals surface area contributed by atoms with E-state index in [4.69, 9.17) is 23.2 Å². The van der Waals surface area contributed by atoms with Crippen molar-refractivity contribution in [1.29, 1.82) is 0 Å². The quantitative estimate of drug-likeness (QED) is 0.442. The summed E-state index contributed by atoms with van der Waals surface area (Å²) >= 11 is 12.2. The van der Waals surface area contributed by atoms with E-state index in [-0.39, 0.29) is 27.5 Å². The molecule has 4 rings (SSSR count). The molecule has 1 aliphatic heterocycles. The summed E-state index contributed by atoms with van der Waals surface area (Å²) in [6.45, 7) is 3.46. The summed E-state index contributed by atoms with van der Waals surface area (Å²) in [6, 6.07) is 13.6. The summed E-state index contributed by atoms with van der Waals surface area (Å²) in [6.07, 6.45) is -4.65. The van der Waals surface area contributed by atoms with Gasteiger partial charge in [-0.15, -0.1) is 0 Å². The van der Waals surface area contributed by atoms with Crippen molar-refractivity contribution in [3.63, 3.8) is 0 Å². The first-order valence-electron chi connectivity index (χ1n) is 10.0. The van der Waals surface area contributed by atoms with Gasteiger partial charge in [-0.3, -0.25) is 4.79 Å². The molecule has 2 heterocycles. The number of benzene rings is 2. The number of carbonyl (C=O) groups excluding carboxylic acids is 1. The lowest BCUT2D eigenvalue weighted by Gasteiger charge is -2.30. The van der Waals surface area contributed by atoms with Crippen LogP contribution < -0.4 is 10.6 Å². The molecule has 1 aromatic heterocycles. The largest absolute Gasteiger partial charge is 0.435 e. The Morgan fingerprint density at radius 3 is 2.45 bits per heavy atom. The number of aromatic nitrogens is 2. The molecule has 0 saturated carbocycles. The number of amides is 1. The minimum Gasteiger partial charge on any atom is -0.346 e. The van der Waals surface area contributed by atoms with Gasteiger partial charge in [-0.25, -0.2) is 4.68 Å². The maximum absolute atomic E-state index is 13.4. The molecule has 0 radical (unpaired) electrons. The highest BCUT2D eigenvalue weighted by molar-refractivity contribution is 6.42. The van der Waals surface area contributed by atoms with Gasteiger partial charge in [-0.2, -0.15) is 18.3 Å². The van der Waals surface area contributed by atoms with Crippen LogP contribution in [-0.4, -0.2) is 15.7 Å². The van der Waals surface area contributed by atoms with E-state index in [0.717, 1.165) is 16.3 Å². The second-order valence-corrected chi connectivity index (χ2v) is 8.52. The zero-order valence-electron chi connectivity index (χ0n) is 17.5. The maximum Gasteiger partial charge on any atom is 0.435 e. The van der Waals surface area contributed by atoms with Crippen molar-refractivity contribution in [2.45, 2.75) is 32.1 Å². The Kier molecular flexibility index (Phi) is 6.16. The van der Waals surface area contributed by atoms with Crippen molar-refractivity contribution < 1.29 is 18.0 Å². The number of halogens is 5. The molecule has 0 bridgehead atoms. The topological polar surface area (TPSA) is 59.0 Å². The molecule has 10 heteroatoms. The Hall–Kier alpha value is -2.97. The number of nitrogens with zero attached hydrogens (tertiary/aromatic N) is 2. The number of carbonyl (C=O) groups is 1. The Balaban J connectivity index is 1.79. The second kappa shape index (κ2) is 8.76. The van der Waals surface area contributed by atoms with E-state index < -0.39 is 23.8 Å². The average Bonchev–Trinajstić information content (AvgIpc) is 3.19. The molecular weight excluding hydrogens is 476 g/mol. The molecule has 0 aliphatic carbocycles. The van der Waals surface area contributed by atoms with Crippen LogP contribution in [0.1, 0.15) is 42.8 Å². The molecule has 0 fully saturated rings. The molecule has 172 valence electrons. The molecule has 2 N–H and O–H groups in total. The van der Waals surface area contributed by atoms with Crippen LogP contribution in [0.15, 0.2) is 65.9 Å². The first-order valence-corrected chi connectivity index (χ1v) is 10.8. The zero-order valence-corrected chi connectivity index (χ0v) is 19.1. The van der Waals surface area contributed by atoms with Crippen LogP contribution in [0.25, 0.3) is 0 Å². The van der Waals surface area contributed by atoms with Gasteiger partial charge in [-0.1, -0.05) is 59.6 Å². The van der Waals surface area contributed by atoms with Gasteiger partial charge in [-0.05, 0) is 37.1 Å². The monoisotopic (exact) mass is 494 g/mol. The van der Waals surface area contributed by atoms with E-state index in [9.17, 15) is 18.0 Å². The zero-order chi connectivity index (χ0) is 23.9. The van der Waals surface area contributed by atoms with Crippen LogP contribution in [0.2, 0.25) is 10.0 Å². The van der Waals surface area contributed by atoms with E-state index in [1.54, 1.807) is 13.0 Å². The highest BCUT2D eigenvalue weighted by Crippen LogP contribution is 2.40. The first-order chi connectivity index (χ1) is 15.6. The van der Waals surface area contributed by atoms with Crippen LogP contribution >= 0.6 is 23.2 Å². The highest BCUT2D eigenvalue weighted by atomic mass is 35.5. The minimum atomic E-state index is -4.65. The molecule has 2 atom stereocenters. The van der Waals surface area contributed by atoms with Gasteiger partial charge >= 0.3 is 6.18 Å². The first kappa shape index (κ1) is 23.2. The van der Waals surface area contributed by atoms with Gasteiger partial charge in [0.25, 0.3) is 5.91 Å². The van der Waals surface area contributed by atoms with E-state index >= 15 is 0 Å². The minimum absolute atomic E-state index is 0.114. The Bertz CT molecular complexity index is 1240. The van der Waals surface area contributed by atoms with E-state index in [2.05, 4.69) is 15.7 Å². The average molecular weight is 495 g/mol. The second-order valence-electron chi connectivity index (χ2n) is 7.70. The maximum atomic E-state index is 13.4. The molecular formula is C23H19Cl2F3N4O. The molecule has 5 nitrogen and oxygen atoms in total. The third-order valence-electron chi connectivity index (χ3n) is 5.41. The van der Waals surface area contributed by atoms with E-state index in [1.807, 2.05) is 37.3 Å². The number of hydrogen-bond donors (Lipinski definition) is 2. The molecule has 0 saturated heterocycles. The summed E-state index contributed by atoms with van der Waals surface area (Å²) in [5, 5.41) is 10.1. The number of nitrogens with one attached hydrogen (secondary N) is 2. The van der Waals surface area contributed by atoms with Crippen LogP contribution in [0.4, 0.5) is 19.0 Å². The fraction of sp³-hybridized carbons (Fsp3) is 0.217. The van der Waals surface area contributed by atoms with Gasteiger partial charge in [0.05, 0.1) is 21.7 Å². The summed E-state index contributed by atoms with van der Waals surface area (Å²) in [5.41, 5.74) is 0.923. The fourth-order valence-electron chi connectivity index (χ4n) is 3.79. The summed E-state index contributed by atoms with van der Waals surface area (Å²) in [7, 11) is 0. The SMILES string of the molecule is CC1=C(C(=O)NC(C)c2ccccc2)C(c2ccc(Cl)c(Cl)c2)n2nc(C(F)(F)F)cc2N1. The molecule has 3 aromatic rings. The Labute approximate surface area is 198 Å². The summed E-state index contributed by atoms with van der Waals surface area (Å²) < 4.78 is 41.3. The standard InChI is InChI=1S/C23H19Cl2F3N4O/c1-12(14-6-4-3-5-7-14)30-22(33)20-13(2)29-19-11-18(23(26,27)28)31-32(19)21(20)15-8-9-16(24)17(25)10-15/h3-12,21,29H,1-2H3,(H,30,33). The number of hydrogen-bond acceptors (Lipinski definition) is 3.